The maximum Gasteiger partial charge on any atom is 0.330 e. The van der Waals surface area contributed by atoms with Gasteiger partial charge in [-0.1, -0.05) is 6.08 Å². The van der Waals surface area contributed by atoms with Gasteiger partial charge in [-0.3, -0.25) is 0 Å². The Morgan fingerprint density at radius 1 is 0.561 bits per heavy atom. The molecule has 0 bridgehead atoms. The minimum absolute atomic E-state index is 0.0117. The van der Waals surface area contributed by atoms with Gasteiger partial charge in [0.05, 0.1) is 62.0 Å². The molecule has 4 saturated heterocycles. The van der Waals surface area contributed by atoms with Crippen molar-refractivity contribution in [3.63, 3.8) is 0 Å². The molecule has 7 rings (SSSR count). The Balaban J connectivity index is 1.14. The zero-order valence-corrected chi connectivity index (χ0v) is 36.8. The first-order valence-electron chi connectivity index (χ1n) is 23.2. The van der Waals surface area contributed by atoms with Crippen molar-refractivity contribution in [2.45, 2.75) is 205 Å². The Bertz CT molecular complexity index is 1550. The Morgan fingerprint density at radius 2 is 1.15 bits per heavy atom. The van der Waals surface area contributed by atoms with Crippen LogP contribution in [0.1, 0.15) is 64.2 Å². The van der Waals surface area contributed by atoms with Crippen molar-refractivity contribution in [1.82, 2.24) is 0 Å². The number of rotatable bonds is 14. The van der Waals surface area contributed by atoms with E-state index < -0.39 is 173 Å². The second-order valence-electron chi connectivity index (χ2n) is 19.0. The molecule has 23 nitrogen and oxygen atoms in total. The number of carbonyl (C=O) groups is 1. The van der Waals surface area contributed by atoms with Gasteiger partial charge in [0.2, 0.25) is 0 Å². The largest absolute Gasteiger partial charge is 0.460 e. The highest BCUT2D eigenvalue weighted by molar-refractivity contribution is 5.81. The van der Waals surface area contributed by atoms with E-state index in [0.717, 1.165) is 0 Å². The molecule has 4 heterocycles. The van der Waals surface area contributed by atoms with Crippen molar-refractivity contribution in [2.75, 3.05) is 26.9 Å². The van der Waals surface area contributed by atoms with Crippen molar-refractivity contribution in [2.24, 2.45) is 17.8 Å². The van der Waals surface area contributed by atoms with Gasteiger partial charge in [0.15, 0.2) is 18.9 Å². The molecule has 13 N–H and O–H groups in total. The molecule has 24 atom stereocenters. The van der Waals surface area contributed by atoms with E-state index in [1.54, 1.807) is 6.08 Å². The van der Waals surface area contributed by atoms with Crippen molar-refractivity contribution >= 4 is 5.97 Å². The van der Waals surface area contributed by atoms with Gasteiger partial charge in [0, 0.05) is 25.5 Å². The van der Waals surface area contributed by atoms with Crippen LogP contribution in [0, 0.1) is 17.8 Å². The Kier molecular flexibility index (Phi) is 18.2. The minimum atomic E-state index is -1.93. The van der Waals surface area contributed by atoms with E-state index in [4.69, 9.17) is 42.6 Å². The average Bonchev–Trinajstić information content (AvgIpc) is 3.30. The fraction of sp³-hybridized carbons (Fsp3) is 0.930. The summed E-state index contributed by atoms with van der Waals surface area (Å²) < 4.78 is 54.1. The molecule has 0 amide bonds. The second-order valence-corrected chi connectivity index (χ2v) is 19.0. The summed E-state index contributed by atoms with van der Waals surface area (Å²) in [7, 11) is 1.49. The van der Waals surface area contributed by atoms with Crippen molar-refractivity contribution in [3.05, 3.63) is 12.2 Å². The summed E-state index contributed by atoms with van der Waals surface area (Å²) in [6.07, 6.45) is -24.6. The monoisotopic (exact) mass is 954 g/mol. The van der Waals surface area contributed by atoms with Crippen molar-refractivity contribution < 1.29 is 114 Å². The summed E-state index contributed by atoms with van der Waals surface area (Å²) in [4.78, 5) is 13.0. The summed E-state index contributed by atoms with van der Waals surface area (Å²) in [5.74, 6) is -1.72. The predicted molar refractivity (Wildman–Crippen MR) is 217 cm³/mol. The number of fused-ring (bicyclic) bond motifs is 1. The highest BCUT2D eigenvalue weighted by Gasteiger charge is 2.56. The highest BCUT2D eigenvalue weighted by Crippen LogP contribution is 2.45. The first-order chi connectivity index (χ1) is 31.5. The van der Waals surface area contributed by atoms with Gasteiger partial charge < -0.3 is 109 Å². The van der Waals surface area contributed by atoms with Gasteiger partial charge in [0.25, 0.3) is 0 Å². The van der Waals surface area contributed by atoms with Crippen LogP contribution in [0.25, 0.3) is 0 Å². The minimum Gasteiger partial charge on any atom is -0.460 e. The van der Waals surface area contributed by atoms with E-state index in [1.807, 2.05) is 0 Å². The van der Waals surface area contributed by atoms with E-state index in [0.29, 0.717) is 44.9 Å². The van der Waals surface area contributed by atoms with E-state index in [1.165, 1.54) is 13.2 Å². The number of allylic oxidation sites excluding steroid dienone is 1. The Labute approximate surface area is 381 Å². The maximum absolute atomic E-state index is 13.0. The summed E-state index contributed by atoms with van der Waals surface area (Å²) in [5.41, 5.74) is 0. The molecule has 380 valence electrons. The first-order valence-corrected chi connectivity index (χ1v) is 23.2. The number of aliphatic hydroxyl groups is 13. The molecule has 0 spiro atoms. The van der Waals surface area contributed by atoms with Crippen LogP contribution in [0.4, 0.5) is 0 Å². The molecule has 3 aliphatic carbocycles. The Morgan fingerprint density at radius 3 is 1.77 bits per heavy atom. The molecule has 3 saturated carbocycles. The van der Waals surface area contributed by atoms with Crippen LogP contribution in [0.5, 0.6) is 0 Å². The maximum atomic E-state index is 13.0. The highest BCUT2D eigenvalue weighted by atomic mass is 16.8. The van der Waals surface area contributed by atoms with E-state index in [2.05, 4.69) is 0 Å². The molecule has 7 fully saturated rings. The summed E-state index contributed by atoms with van der Waals surface area (Å²) >= 11 is 0. The third-order valence-corrected chi connectivity index (χ3v) is 14.6. The van der Waals surface area contributed by atoms with Gasteiger partial charge in [-0.25, -0.2) is 4.79 Å². The van der Waals surface area contributed by atoms with Gasteiger partial charge in [-0.2, -0.15) is 0 Å². The zero-order valence-electron chi connectivity index (χ0n) is 36.8. The molecule has 0 aromatic rings. The van der Waals surface area contributed by atoms with Crippen LogP contribution in [0.2, 0.25) is 0 Å². The van der Waals surface area contributed by atoms with E-state index in [9.17, 15) is 71.2 Å². The van der Waals surface area contributed by atoms with Gasteiger partial charge in [-0.15, -0.1) is 0 Å². The zero-order chi connectivity index (χ0) is 47.6. The lowest BCUT2D eigenvalue weighted by molar-refractivity contribution is -0.380. The number of hydrogen-bond donors (Lipinski definition) is 13. The standard InChI is InChI=1S/C43H70O23/c1-58-25-10-17(2-8-22(25)48)3-9-30(49)59-16-29-33(52)36(55)40(66-42-38(57)35(54)32(51)28(15-45)64-42)43(65-29)62-26-13-21-23(60-39(26)18-4-6-19(46)7-5-18)11-20(47)12-24(21)61-41-37(56)34(53)31(50)27(14-44)63-41/h3,9,17-29,31-48,50-57H,2,4-8,10-16H2,1H3. The summed E-state index contributed by atoms with van der Waals surface area (Å²) in [6.45, 7) is -2.09. The SMILES string of the molecule is COC1CC(C=CC(=O)OCC2OC(OC3CC4C(OC5OC(CO)C(O)C(O)C5O)CC(O)CC4OC3C3CCC(O)CC3)C(OC3OC(CO)C(O)C(O)C3O)C(O)C2O)CCC1O. The first kappa shape index (κ1) is 52.2. The van der Waals surface area contributed by atoms with Crippen LogP contribution >= 0.6 is 0 Å². The molecule has 7 aliphatic rings. The second kappa shape index (κ2) is 23.1. The van der Waals surface area contributed by atoms with Gasteiger partial charge >= 0.3 is 5.97 Å². The van der Waals surface area contributed by atoms with E-state index >= 15 is 0 Å². The molecule has 23 heteroatoms. The number of carbonyl (C=O) groups excluding carboxylic acids is 1. The van der Waals surface area contributed by atoms with Crippen LogP contribution in [-0.4, -0.2) is 240 Å². The Hall–Kier alpha value is -1.63. The molecule has 0 aromatic carbocycles. The topological polar surface area (TPSA) is 363 Å². The van der Waals surface area contributed by atoms with Crippen molar-refractivity contribution in [3.8, 4) is 0 Å². The lowest BCUT2D eigenvalue weighted by Crippen LogP contribution is -2.66. The molecule has 0 radical (unpaired) electrons. The quantitative estimate of drug-likeness (QED) is 0.0572. The van der Waals surface area contributed by atoms with Gasteiger partial charge in [-0.05, 0) is 69.6 Å². The van der Waals surface area contributed by atoms with Crippen LogP contribution < -0.4 is 0 Å². The fourth-order valence-corrected chi connectivity index (χ4v) is 10.7. The number of methoxy groups -OCH3 is 1. The lowest BCUT2D eigenvalue weighted by Gasteiger charge is -2.52. The average molecular weight is 955 g/mol. The molecule has 66 heavy (non-hydrogen) atoms. The molecule has 24 unspecified atom stereocenters. The molecule has 0 aromatic heterocycles. The molecular formula is C43H70O23. The van der Waals surface area contributed by atoms with Gasteiger partial charge in [0.1, 0.15) is 79.9 Å². The van der Waals surface area contributed by atoms with Crippen molar-refractivity contribution in [1.29, 1.82) is 0 Å². The van der Waals surface area contributed by atoms with Crippen LogP contribution in [0.15, 0.2) is 12.2 Å². The fourth-order valence-electron chi connectivity index (χ4n) is 10.7. The third-order valence-electron chi connectivity index (χ3n) is 14.6. The number of aliphatic hydroxyl groups excluding tert-OH is 13. The number of ether oxygens (including phenoxy) is 9. The number of esters is 1. The summed E-state index contributed by atoms with van der Waals surface area (Å²) in [6, 6.07) is 0. The van der Waals surface area contributed by atoms with Crippen LogP contribution in [0.3, 0.4) is 0 Å². The van der Waals surface area contributed by atoms with E-state index in [-0.39, 0.29) is 31.1 Å². The van der Waals surface area contributed by atoms with Crippen LogP contribution in [-0.2, 0) is 47.4 Å². The number of hydrogen-bond acceptors (Lipinski definition) is 23. The normalized spacial score (nSPS) is 50.5. The molecular weight excluding hydrogens is 884 g/mol. The lowest BCUT2D eigenvalue weighted by atomic mass is 9.73. The molecule has 4 aliphatic heterocycles. The predicted octanol–water partition coefficient (Wildman–Crippen LogP) is -5.06. The summed E-state index contributed by atoms with van der Waals surface area (Å²) in [5, 5.41) is 138. The third kappa shape index (κ3) is 11.8. The smallest absolute Gasteiger partial charge is 0.330 e.